The van der Waals surface area contributed by atoms with E-state index in [1.54, 1.807) is 0 Å². The smallest absolute Gasteiger partial charge is 0.283 e. The summed E-state index contributed by atoms with van der Waals surface area (Å²) >= 11 is 5.88. The van der Waals surface area contributed by atoms with E-state index in [0.717, 1.165) is 23.3 Å². The van der Waals surface area contributed by atoms with Crippen LogP contribution >= 0.6 is 11.6 Å². The Balaban J connectivity index is 1.73. The normalized spacial score (nSPS) is 24.2. The fourth-order valence-corrected chi connectivity index (χ4v) is 5.29. The maximum atomic E-state index is 15.5. The highest BCUT2D eigenvalue weighted by molar-refractivity contribution is 7.88. The number of benzene rings is 2. The van der Waals surface area contributed by atoms with Gasteiger partial charge in [-0.05, 0) is 35.7 Å². The first-order valence-corrected chi connectivity index (χ1v) is 12.6. The van der Waals surface area contributed by atoms with Gasteiger partial charge in [0.1, 0.15) is 23.8 Å². The number of alkyl halides is 2. The molecule has 1 unspecified atom stereocenters. The van der Waals surface area contributed by atoms with Gasteiger partial charge in [-0.15, -0.1) is 0 Å². The number of carbonyl (C=O) groups excluding carboxylic acids is 1. The zero-order chi connectivity index (χ0) is 24.8. The molecule has 2 aromatic rings. The summed E-state index contributed by atoms with van der Waals surface area (Å²) in [5.41, 5.74) is 0.0763. The second-order valence-electron chi connectivity index (χ2n) is 8.45. The molecule has 2 aliphatic rings. The zero-order valence-electron chi connectivity index (χ0n) is 17.9. The van der Waals surface area contributed by atoms with E-state index in [9.17, 15) is 26.4 Å². The summed E-state index contributed by atoms with van der Waals surface area (Å²) in [6.07, 6.45) is -0.235. The van der Waals surface area contributed by atoms with Gasteiger partial charge in [0.25, 0.3) is 11.8 Å². The van der Waals surface area contributed by atoms with Crippen LogP contribution in [0.25, 0.3) is 11.1 Å². The molecule has 12 heteroatoms. The lowest BCUT2D eigenvalue weighted by Crippen LogP contribution is -2.54. The Kier molecular flexibility index (Phi) is 6.67. The quantitative estimate of drug-likeness (QED) is 0.593. The summed E-state index contributed by atoms with van der Waals surface area (Å²) in [4.78, 5) is 13.7. The van der Waals surface area contributed by atoms with E-state index in [1.807, 2.05) is 4.72 Å². The number of carbonyl (C=O) groups is 1. The molecule has 0 bridgehead atoms. The van der Waals surface area contributed by atoms with Crippen LogP contribution in [0.1, 0.15) is 12.0 Å². The third-order valence-electron chi connectivity index (χ3n) is 5.90. The maximum Gasteiger partial charge on any atom is 0.283 e. The van der Waals surface area contributed by atoms with Crippen LogP contribution in [-0.4, -0.2) is 62.7 Å². The maximum absolute atomic E-state index is 15.5. The highest BCUT2D eigenvalue weighted by Gasteiger charge is 2.57. The lowest BCUT2D eigenvalue weighted by Gasteiger charge is -2.33. The van der Waals surface area contributed by atoms with Gasteiger partial charge in [-0.3, -0.25) is 4.79 Å². The standard InChI is InChI=1S/C22H21ClF4N2O4S/c1-34(31,32)28-20-17(29(11-22(20,26)27)21(30)18-5-6-33-18)9-12-3-2-4-16(19(12)25)13-7-14(23)10-15(24)8-13/h2-4,7-8,10,17-18,20,28H,5-6,9,11H2,1H3/t17-,18?,20+/m0/s1. The molecule has 2 heterocycles. The third kappa shape index (κ3) is 5.07. The van der Waals surface area contributed by atoms with Crippen molar-refractivity contribution in [2.75, 3.05) is 19.4 Å². The van der Waals surface area contributed by atoms with Gasteiger partial charge in [-0.1, -0.05) is 29.8 Å². The average molecular weight is 521 g/mol. The van der Waals surface area contributed by atoms with Crippen molar-refractivity contribution in [3.8, 4) is 11.1 Å². The van der Waals surface area contributed by atoms with Crippen molar-refractivity contribution in [3.63, 3.8) is 0 Å². The monoisotopic (exact) mass is 520 g/mol. The molecule has 0 spiro atoms. The second kappa shape index (κ2) is 9.10. The Morgan fingerprint density at radius 3 is 2.56 bits per heavy atom. The fraction of sp³-hybridized carbons (Fsp3) is 0.409. The molecule has 0 saturated carbocycles. The number of sulfonamides is 1. The molecule has 6 nitrogen and oxygen atoms in total. The minimum absolute atomic E-state index is 0.0171. The van der Waals surface area contributed by atoms with Gasteiger partial charge < -0.3 is 9.64 Å². The van der Waals surface area contributed by atoms with E-state index in [4.69, 9.17) is 16.3 Å². The number of nitrogens with one attached hydrogen (secondary N) is 1. The van der Waals surface area contributed by atoms with Crippen LogP contribution in [0.5, 0.6) is 0 Å². The van der Waals surface area contributed by atoms with E-state index >= 15 is 4.39 Å². The molecule has 34 heavy (non-hydrogen) atoms. The van der Waals surface area contributed by atoms with Crippen molar-refractivity contribution in [2.24, 2.45) is 0 Å². The van der Waals surface area contributed by atoms with Crippen LogP contribution in [0, 0.1) is 11.6 Å². The zero-order valence-corrected chi connectivity index (χ0v) is 19.5. The Morgan fingerprint density at radius 2 is 1.97 bits per heavy atom. The van der Waals surface area contributed by atoms with Gasteiger partial charge >= 0.3 is 0 Å². The van der Waals surface area contributed by atoms with Crippen LogP contribution in [0.4, 0.5) is 17.6 Å². The van der Waals surface area contributed by atoms with E-state index in [0.29, 0.717) is 13.0 Å². The fourth-order valence-electron chi connectivity index (χ4n) is 4.28. The third-order valence-corrected chi connectivity index (χ3v) is 6.80. The van der Waals surface area contributed by atoms with Crippen LogP contribution in [0.2, 0.25) is 5.02 Å². The van der Waals surface area contributed by atoms with Crippen molar-refractivity contribution in [2.45, 2.75) is 37.0 Å². The molecule has 0 aliphatic carbocycles. The van der Waals surface area contributed by atoms with Gasteiger partial charge in [0, 0.05) is 17.0 Å². The number of rotatable bonds is 6. The first-order chi connectivity index (χ1) is 15.9. The van der Waals surface area contributed by atoms with E-state index in [2.05, 4.69) is 0 Å². The Morgan fingerprint density at radius 1 is 1.26 bits per heavy atom. The number of hydrogen-bond donors (Lipinski definition) is 1. The molecule has 0 aromatic heterocycles. The highest BCUT2D eigenvalue weighted by atomic mass is 35.5. The number of nitrogens with zero attached hydrogens (tertiary/aromatic N) is 1. The molecule has 1 N–H and O–H groups in total. The lowest BCUT2D eigenvalue weighted by atomic mass is 9.95. The van der Waals surface area contributed by atoms with Crippen molar-refractivity contribution >= 4 is 27.5 Å². The molecule has 3 atom stereocenters. The Hall–Kier alpha value is -2.21. The number of hydrogen-bond acceptors (Lipinski definition) is 4. The van der Waals surface area contributed by atoms with Crippen LogP contribution in [0.3, 0.4) is 0 Å². The minimum atomic E-state index is -4.08. The summed E-state index contributed by atoms with van der Waals surface area (Å²) in [7, 11) is -4.08. The lowest BCUT2D eigenvalue weighted by molar-refractivity contribution is -0.158. The van der Waals surface area contributed by atoms with Gasteiger partial charge in [0.2, 0.25) is 10.0 Å². The molecular formula is C22H21ClF4N2O4S. The van der Waals surface area contributed by atoms with E-state index in [-0.39, 0.29) is 21.7 Å². The molecule has 4 rings (SSSR count). The summed E-state index contributed by atoms with van der Waals surface area (Å²) in [5.74, 6) is -5.80. The molecule has 1 amide bonds. The highest BCUT2D eigenvalue weighted by Crippen LogP contribution is 2.37. The second-order valence-corrected chi connectivity index (χ2v) is 10.7. The average Bonchev–Trinajstić information content (AvgIpc) is 2.90. The Labute approximate surface area is 198 Å². The number of amides is 1. The van der Waals surface area contributed by atoms with Gasteiger partial charge in [0.15, 0.2) is 0 Å². The van der Waals surface area contributed by atoms with E-state index < -0.39 is 64.6 Å². The van der Waals surface area contributed by atoms with Crippen molar-refractivity contribution in [1.82, 2.24) is 9.62 Å². The van der Waals surface area contributed by atoms with Gasteiger partial charge in [-0.2, -0.15) is 0 Å². The van der Waals surface area contributed by atoms with Crippen molar-refractivity contribution < 1.29 is 35.5 Å². The summed E-state index contributed by atoms with van der Waals surface area (Å²) in [6.45, 7) is -0.729. The van der Waals surface area contributed by atoms with Gasteiger partial charge in [-0.25, -0.2) is 30.7 Å². The molecule has 2 aliphatic heterocycles. The van der Waals surface area contributed by atoms with Crippen LogP contribution < -0.4 is 4.72 Å². The molecule has 2 saturated heterocycles. The number of likely N-dealkylation sites (tertiary alicyclic amines) is 1. The van der Waals surface area contributed by atoms with E-state index in [1.165, 1.54) is 24.3 Å². The summed E-state index contributed by atoms with van der Waals surface area (Å²) in [6, 6.07) is 4.31. The first kappa shape index (κ1) is 24.9. The summed E-state index contributed by atoms with van der Waals surface area (Å²) in [5, 5.41) is 0.0462. The molecule has 184 valence electrons. The summed E-state index contributed by atoms with van der Waals surface area (Å²) < 4.78 is 89.8. The SMILES string of the molecule is CS(=O)(=O)N[C@@H]1[C@H](Cc2cccc(-c3cc(F)cc(Cl)c3)c2F)N(C(=O)C2CCO2)CC1(F)F. The molecule has 2 aromatic carbocycles. The minimum Gasteiger partial charge on any atom is -0.368 e. The largest absolute Gasteiger partial charge is 0.368 e. The number of halogens is 5. The van der Waals surface area contributed by atoms with Crippen LogP contribution in [0.15, 0.2) is 36.4 Å². The topological polar surface area (TPSA) is 75.7 Å². The predicted molar refractivity (Wildman–Crippen MR) is 117 cm³/mol. The predicted octanol–water partition coefficient (Wildman–Crippen LogP) is 3.38. The number of ether oxygens (including phenoxy) is 1. The van der Waals surface area contributed by atoms with Gasteiger partial charge in [0.05, 0.1) is 25.4 Å². The first-order valence-electron chi connectivity index (χ1n) is 10.4. The van der Waals surface area contributed by atoms with Crippen molar-refractivity contribution in [3.05, 3.63) is 58.6 Å². The molecule has 2 fully saturated rings. The molecule has 0 radical (unpaired) electrons. The Bertz CT molecular complexity index is 1200. The van der Waals surface area contributed by atoms with Crippen LogP contribution in [-0.2, 0) is 26.0 Å². The van der Waals surface area contributed by atoms with Crippen molar-refractivity contribution in [1.29, 1.82) is 0 Å². The molecular weight excluding hydrogens is 500 g/mol.